The Morgan fingerprint density at radius 3 is 2.69 bits per heavy atom. The molecule has 0 atom stereocenters. The highest BCUT2D eigenvalue weighted by Crippen LogP contribution is 2.20. The maximum absolute atomic E-state index is 13.1. The molecule has 0 saturated heterocycles. The first-order chi connectivity index (χ1) is 12.7. The second-order valence-electron chi connectivity index (χ2n) is 6.44. The fourth-order valence-corrected chi connectivity index (χ4v) is 3.00. The zero-order chi connectivity index (χ0) is 18.2. The average molecular weight is 354 g/mol. The zero-order valence-corrected chi connectivity index (χ0v) is 14.7. The summed E-state index contributed by atoms with van der Waals surface area (Å²) < 4.78 is 13.1. The first kappa shape index (κ1) is 18.0. The van der Waals surface area contributed by atoms with Crippen LogP contribution in [-0.4, -0.2) is 22.6 Å². The van der Waals surface area contributed by atoms with Crippen LogP contribution in [0.15, 0.2) is 48.0 Å². The molecule has 0 aliphatic heterocycles. The fourth-order valence-electron chi connectivity index (χ4n) is 3.00. The van der Waals surface area contributed by atoms with Gasteiger partial charge in [-0.25, -0.2) is 4.39 Å². The van der Waals surface area contributed by atoms with Crippen LogP contribution in [0.25, 0.3) is 0 Å². The maximum Gasteiger partial charge on any atom is 0.229 e. The summed E-state index contributed by atoms with van der Waals surface area (Å²) >= 11 is 0. The Morgan fingerprint density at radius 1 is 1.12 bits per heavy atom. The number of nitrogens with zero attached hydrogens (tertiary/aromatic N) is 2. The molecule has 136 valence electrons. The van der Waals surface area contributed by atoms with E-state index in [1.54, 1.807) is 24.3 Å². The molecule has 26 heavy (non-hydrogen) atoms. The SMILES string of the molecule is O=C(Cc1cccc(F)c1)Nc1ccc(NCCC2=CCCCC2)nn1. The summed E-state index contributed by atoms with van der Waals surface area (Å²) in [5.74, 6) is 0.459. The number of nitrogens with one attached hydrogen (secondary N) is 2. The normalized spacial score (nSPS) is 13.8. The summed E-state index contributed by atoms with van der Waals surface area (Å²) in [4.78, 5) is 12.0. The second kappa shape index (κ2) is 9.08. The number of halogens is 1. The summed E-state index contributed by atoms with van der Waals surface area (Å²) in [5.41, 5.74) is 2.13. The standard InChI is InChI=1S/C20H23FN4O/c21-17-8-4-7-16(13-17)14-20(26)23-19-10-9-18(24-25-19)22-12-11-15-5-2-1-3-6-15/h4-5,7-10,13H,1-3,6,11-12,14H2,(H,22,24)(H,23,25,26). The minimum absolute atomic E-state index is 0.0918. The van der Waals surface area contributed by atoms with Gasteiger partial charge in [0.15, 0.2) is 5.82 Å². The van der Waals surface area contributed by atoms with Gasteiger partial charge in [-0.1, -0.05) is 23.8 Å². The average Bonchev–Trinajstić information content (AvgIpc) is 2.64. The molecule has 1 amide bonds. The lowest BCUT2D eigenvalue weighted by Crippen LogP contribution is -2.16. The van der Waals surface area contributed by atoms with E-state index in [1.807, 2.05) is 0 Å². The molecular formula is C20H23FN4O. The summed E-state index contributed by atoms with van der Waals surface area (Å²) in [6.45, 7) is 0.825. The Hall–Kier alpha value is -2.76. The molecule has 2 N–H and O–H groups in total. The van der Waals surface area contributed by atoms with Crippen LogP contribution in [0.1, 0.15) is 37.7 Å². The van der Waals surface area contributed by atoms with Crippen LogP contribution in [0.3, 0.4) is 0 Å². The van der Waals surface area contributed by atoms with Crippen LogP contribution < -0.4 is 10.6 Å². The molecule has 5 nitrogen and oxygen atoms in total. The quantitative estimate of drug-likeness (QED) is 0.735. The summed E-state index contributed by atoms with van der Waals surface area (Å²) in [7, 11) is 0. The van der Waals surface area contributed by atoms with Crippen molar-refractivity contribution < 1.29 is 9.18 Å². The van der Waals surface area contributed by atoms with Gasteiger partial charge in [-0.15, -0.1) is 10.2 Å². The second-order valence-corrected chi connectivity index (χ2v) is 6.44. The van der Waals surface area contributed by atoms with Crippen LogP contribution in [0, 0.1) is 5.82 Å². The Labute approximate surface area is 152 Å². The van der Waals surface area contributed by atoms with Gasteiger partial charge in [-0.3, -0.25) is 4.79 Å². The van der Waals surface area contributed by atoms with Gasteiger partial charge < -0.3 is 10.6 Å². The molecule has 0 radical (unpaired) electrons. The van der Waals surface area contributed by atoms with Gasteiger partial charge in [0.25, 0.3) is 0 Å². The number of hydrogen-bond donors (Lipinski definition) is 2. The van der Waals surface area contributed by atoms with Crippen LogP contribution >= 0.6 is 0 Å². The van der Waals surface area contributed by atoms with Crippen LogP contribution in [-0.2, 0) is 11.2 Å². The number of allylic oxidation sites excluding steroid dienone is 1. The monoisotopic (exact) mass is 354 g/mol. The third kappa shape index (κ3) is 5.65. The Bertz CT molecular complexity index is 774. The van der Waals surface area contributed by atoms with Crippen molar-refractivity contribution in [2.45, 2.75) is 38.5 Å². The summed E-state index contributed by atoms with van der Waals surface area (Å²) in [5, 5.41) is 14.0. The topological polar surface area (TPSA) is 66.9 Å². The summed E-state index contributed by atoms with van der Waals surface area (Å²) in [6.07, 6.45) is 8.43. The molecule has 0 unspecified atom stereocenters. The molecule has 6 heteroatoms. The third-order valence-electron chi connectivity index (χ3n) is 4.32. The summed E-state index contributed by atoms with van der Waals surface area (Å²) in [6, 6.07) is 9.49. The molecule has 1 aliphatic rings. The van der Waals surface area contributed by atoms with Crippen molar-refractivity contribution in [1.82, 2.24) is 10.2 Å². The molecule has 0 fully saturated rings. The Kier molecular flexibility index (Phi) is 6.30. The predicted molar refractivity (Wildman–Crippen MR) is 100 cm³/mol. The fraction of sp³-hybridized carbons (Fsp3) is 0.350. The van der Waals surface area contributed by atoms with Gasteiger partial charge in [0, 0.05) is 6.54 Å². The Balaban J connectivity index is 1.44. The van der Waals surface area contributed by atoms with Gasteiger partial charge in [0.05, 0.1) is 6.42 Å². The van der Waals surface area contributed by atoms with Crippen molar-refractivity contribution in [3.8, 4) is 0 Å². The highest BCUT2D eigenvalue weighted by atomic mass is 19.1. The van der Waals surface area contributed by atoms with Gasteiger partial charge in [0.1, 0.15) is 11.6 Å². The van der Waals surface area contributed by atoms with Crippen LogP contribution in [0.4, 0.5) is 16.0 Å². The van der Waals surface area contributed by atoms with E-state index < -0.39 is 0 Å². The molecule has 2 aromatic rings. The van der Waals surface area contributed by atoms with Crippen molar-refractivity contribution in [2.24, 2.45) is 0 Å². The van der Waals surface area contributed by atoms with Crippen molar-refractivity contribution in [3.05, 3.63) is 59.4 Å². The Morgan fingerprint density at radius 2 is 1.96 bits per heavy atom. The number of carbonyl (C=O) groups excluding carboxylic acids is 1. The van der Waals surface area contributed by atoms with E-state index in [0.29, 0.717) is 17.2 Å². The van der Waals surface area contributed by atoms with Gasteiger partial charge >= 0.3 is 0 Å². The van der Waals surface area contributed by atoms with E-state index in [4.69, 9.17) is 0 Å². The minimum Gasteiger partial charge on any atom is -0.368 e. The zero-order valence-electron chi connectivity index (χ0n) is 14.7. The lowest BCUT2D eigenvalue weighted by atomic mass is 9.97. The number of anilines is 2. The maximum atomic E-state index is 13.1. The molecule has 1 heterocycles. The molecule has 0 saturated carbocycles. The molecule has 0 bridgehead atoms. The molecule has 1 aromatic heterocycles. The number of benzene rings is 1. The molecule has 3 rings (SSSR count). The van der Waals surface area contributed by atoms with E-state index >= 15 is 0 Å². The largest absolute Gasteiger partial charge is 0.368 e. The van der Waals surface area contributed by atoms with E-state index in [2.05, 4.69) is 26.9 Å². The molecular weight excluding hydrogens is 331 g/mol. The van der Waals surface area contributed by atoms with E-state index in [0.717, 1.165) is 13.0 Å². The van der Waals surface area contributed by atoms with Crippen molar-refractivity contribution >= 4 is 17.5 Å². The van der Waals surface area contributed by atoms with Gasteiger partial charge in [0.2, 0.25) is 5.91 Å². The van der Waals surface area contributed by atoms with E-state index in [1.165, 1.54) is 43.4 Å². The van der Waals surface area contributed by atoms with Gasteiger partial charge in [-0.2, -0.15) is 0 Å². The van der Waals surface area contributed by atoms with Crippen molar-refractivity contribution in [1.29, 1.82) is 0 Å². The number of hydrogen-bond acceptors (Lipinski definition) is 4. The molecule has 1 aromatic carbocycles. The molecule has 0 spiro atoms. The number of rotatable bonds is 7. The molecule has 1 aliphatic carbocycles. The van der Waals surface area contributed by atoms with E-state index in [9.17, 15) is 9.18 Å². The van der Waals surface area contributed by atoms with Crippen LogP contribution in [0.5, 0.6) is 0 Å². The smallest absolute Gasteiger partial charge is 0.229 e. The first-order valence-electron chi connectivity index (χ1n) is 8.99. The van der Waals surface area contributed by atoms with E-state index in [-0.39, 0.29) is 18.1 Å². The lowest BCUT2D eigenvalue weighted by molar-refractivity contribution is -0.115. The number of aromatic nitrogens is 2. The van der Waals surface area contributed by atoms with Gasteiger partial charge in [-0.05, 0) is 61.9 Å². The predicted octanol–water partition coefficient (Wildman–Crippen LogP) is 4.10. The highest BCUT2D eigenvalue weighted by Gasteiger charge is 2.07. The van der Waals surface area contributed by atoms with Crippen molar-refractivity contribution in [3.63, 3.8) is 0 Å². The number of amides is 1. The number of carbonyl (C=O) groups is 1. The minimum atomic E-state index is -0.352. The third-order valence-corrected chi connectivity index (χ3v) is 4.32. The van der Waals surface area contributed by atoms with Crippen LogP contribution in [0.2, 0.25) is 0 Å². The highest BCUT2D eigenvalue weighted by molar-refractivity contribution is 5.91. The lowest BCUT2D eigenvalue weighted by Gasteiger charge is -2.13. The first-order valence-corrected chi connectivity index (χ1v) is 8.99. The van der Waals surface area contributed by atoms with Crippen molar-refractivity contribution in [2.75, 3.05) is 17.2 Å².